The Bertz CT molecular complexity index is 3370. The van der Waals surface area contributed by atoms with Gasteiger partial charge in [0.2, 0.25) is 23.7 Å². The first kappa shape index (κ1) is 51.8. The summed E-state index contributed by atoms with van der Waals surface area (Å²) in [6.07, 6.45) is 9.38. The Morgan fingerprint density at radius 2 is 1.32 bits per heavy atom. The number of methoxy groups -OCH3 is 1. The van der Waals surface area contributed by atoms with Crippen molar-refractivity contribution in [1.82, 2.24) is 44.3 Å². The lowest BCUT2D eigenvalue weighted by Crippen LogP contribution is -2.29. The lowest BCUT2D eigenvalue weighted by molar-refractivity contribution is -0.112. The molecule has 0 unspecified atom stereocenters. The third kappa shape index (κ3) is 12.2. The molecule has 382 valence electrons. The molecule has 5 aromatic heterocycles. The summed E-state index contributed by atoms with van der Waals surface area (Å²) in [5.41, 5.74) is 8.80. The van der Waals surface area contributed by atoms with E-state index >= 15 is 0 Å². The molecule has 20 heteroatoms. The molecule has 5 heterocycles. The smallest absolute Gasteiger partial charge is 0.247 e. The number of anilines is 8. The summed E-state index contributed by atoms with van der Waals surface area (Å²) < 4.78 is 14.5. The van der Waals surface area contributed by atoms with E-state index in [9.17, 15) is 9.59 Å². The summed E-state index contributed by atoms with van der Waals surface area (Å²) in [4.78, 5) is 60.6. The van der Waals surface area contributed by atoms with E-state index in [0.29, 0.717) is 75.2 Å². The van der Waals surface area contributed by atoms with Crippen molar-refractivity contribution in [3.63, 3.8) is 0 Å². The van der Waals surface area contributed by atoms with E-state index in [1.54, 1.807) is 25.6 Å². The highest BCUT2D eigenvalue weighted by atomic mass is 35.5. The van der Waals surface area contributed by atoms with E-state index < -0.39 is 0 Å². The zero-order valence-electron chi connectivity index (χ0n) is 42.7. The number of hydrogen-bond acceptors (Lipinski definition) is 15. The monoisotopic (exact) mass is 1020 g/mol. The summed E-state index contributed by atoms with van der Waals surface area (Å²) in [5, 5.41) is 14.7. The van der Waals surface area contributed by atoms with Gasteiger partial charge in [0.15, 0.2) is 0 Å². The number of H-pyrrole nitrogens is 1. The number of fused-ring (bicyclic) bond motifs is 2. The number of pyridine rings is 1. The second kappa shape index (κ2) is 22.9. The molecule has 0 spiro atoms. The third-order valence-corrected chi connectivity index (χ3v) is 12.4. The highest BCUT2D eigenvalue weighted by Gasteiger charge is 2.21. The van der Waals surface area contributed by atoms with Crippen molar-refractivity contribution in [3.8, 4) is 34.0 Å². The van der Waals surface area contributed by atoms with E-state index in [1.807, 2.05) is 103 Å². The zero-order chi connectivity index (χ0) is 52.6. The van der Waals surface area contributed by atoms with Crippen LogP contribution in [0.5, 0.6) is 11.5 Å². The van der Waals surface area contributed by atoms with E-state index in [1.165, 1.54) is 18.3 Å². The largest absolute Gasteiger partial charge is 0.494 e. The van der Waals surface area contributed by atoms with Crippen LogP contribution in [0.3, 0.4) is 0 Å². The molecule has 74 heavy (non-hydrogen) atoms. The molecule has 19 nitrogen and oxygen atoms in total. The van der Waals surface area contributed by atoms with Crippen LogP contribution in [0.15, 0.2) is 117 Å². The molecular formula is C54H60ClN15O4. The lowest BCUT2D eigenvalue weighted by Gasteiger charge is -2.26. The molecule has 0 fully saturated rings. The molecule has 5 N–H and O–H groups in total. The maximum absolute atomic E-state index is 12.8. The van der Waals surface area contributed by atoms with Crippen molar-refractivity contribution in [3.05, 3.63) is 128 Å². The Kier molecular flexibility index (Phi) is 16.0. The first-order valence-corrected chi connectivity index (χ1v) is 24.0. The number of aromatic nitrogens is 7. The number of hydrogen-bond donors (Lipinski definition) is 5. The zero-order valence-corrected chi connectivity index (χ0v) is 43.5. The number of rotatable bonds is 22. The van der Waals surface area contributed by atoms with Crippen molar-refractivity contribution >= 4 is 91.4 Å². The van der Waals surface area contributed by atoms with E-state index in [4.69, 9.17) is 36.0 Å². The van der Waals surface area contributed by atoms with Gasteiger partial charge in [0.25, 0.3) is 0 Å². The number of nitrogens with zero attached hydrogens (tertiary/aromatic N) is 10. The number of benzene rings is 3. The van der Waals surface area contributed by atoms with Crippen LogP contribution in [0.4, 0.5) is 46.0 Å². The standard InChI is InChI=1S/C54H60ClN15O4/c1-11-49(71)60-40-26-42(47(73-10)28-45(40)69(8)21-19-66(3)4)63-54-58-31-38(55)51(65-54)36-24-35-25-37(59-52(35)57-30-36)32-74-48-29-46(70(9)22-20-67(5)6)41(61-50(72)12-2)27-43(48)64-53-56-17-15-39(62-53)33-13-14-44-34(23-33)16-18-68(44)7/h11-18,23-31H,1-2,19-22,32H2,3-10H3,(H,57,59)(H,60,71)(H,61,72)(H,56,62,64)(H,58,63,65). The van der Waals surface area contributed by atoms with Crippen LogP contribution in [0, 0.1) is 0 Å². The average molecular weight is 1020 g/mol. The Morgan fingerprint density at radius 1 is 0.703 bits per heavy atom. The lowest BCUT2D eigenvalue weighted by atomic mass is 10.1. The SMILES string of the molecule is C=CC(=O)Nc1cc(Nc2ncc(Cl)c(-c3cnc4[nH]c(COc5cc(N(C)CCN(C)C)c(NC(=O)C=C)cc5Nc5nccc(-c6ccc7c(ccn7C)c6)n5)cc4c3)n2)c(OC)cc1N(C)CCN(C)C. The van der Waals surface area contributed by atoms with E-state index in [2.05, 4.69) is 86.8 Å². The first-order valence-electron chi connectivity index (χ1n) is 23.6. The van der Waals surface area contributed by atoms with Crippen LogP contribution < -0.4 is 40.5 Å². The molecule has 0 bridgehead atoms. The van der Waals surface area contributed by atoms with Gasteiger partial charge in [0.1, 0.15) is 23.8 Å². The molecule has 0 aliphatic carbocycles. The molecule has 0 saturated carbocycles. The topological polar surface area (TPSA) is 199 Å². The number of carbonyl (C=O) groups excluding carboxylic acids is 2. The molecule has 8 rings (SSSR count). The van der Waals surface area contributed by atoms with Crippen LogP contribution in [0.25, 0.3) is 44.5 Å². The van der Waals surface area contributed by atoms with E-state index in [-0.39, 0.29) is 24.4 Å². The van der Waals surface area contributed by atoms with Crippen LogP contribution >= 0.6 is 11.6 Å². The van der Waals surface area contributed by atoms with Gasteiger partial charge < -0.3 is 59.9 Å². The van der Waals surface area contributed by atoms with Gasteiger partial charge >= 0.3 is 0 Å². The Balaban J connectivity index is 1.08. The second-order valence-corrected chi connectivity index (χ2v) is 18.5. The number of amides is 2. The molecule has 3 aromatic carbocycles. The van der Waals surface area contributed by atoms with Crippen molar-refractivity contribution in [2.75, 3.05) is 107 Å². The van der Waals surface area contributed by atoms with Gasteiger partial charge in [-0.15, -0.1) is 0 Å². The quantitative estimate of drug-likeness (QED) is 0.0403. The number of likely N-dealkylation sites (N-methyl/N-ethyl adjacent to an activating group) is 4. The molecule has 0 aliphatic rings. The summed E-state index contributed by atoms with van der Waals surface area (Å²) >= 11 is 6.78. The van der Waals surface area contributed by atoms with E-state index in [0.717, 1.165) is 57.7 Å². The fourth-order valence-corrected chi connectivity index (χ4v) is 8.29. The maximum atomic E-state index is 12.8. The van der Waals surface area contributed by atoms with Gasteiger partial charge in [0, 0.05) is 105 Å². The number of nitrogens with one attached hydrogen (secondary N) is 5. The number of aromatic amines is 1. The number of halogens is 1. The summed E-state index contributed by atoms with van der Waals surface area (Å²) in [6, 6.07) is 21.4. The van der Waals surface area contributed by atoms with Crippen molar-refractivity contribution in [2.24, 2.45) is 7.05 Å². The first-order chi connectivity index (χ1) is 35.6. The van der Waals surface area contributed by atoms with Gasteiger partial charge in [-0.2, -0.15) is 0 Å². The van der Waals surface area contributed by atoms with Crippen LogP contribution in [0.1, 0.15) is 5.69 Å². The third-order valence-electron chi connectivity index (χ3n) is 12.1. The van der Waals surface area contributed by atoms with Gasteiger partial charge in [-0.3, -0.25) is 9.59 Å². The Hall–Kier alpha value is -8.52. The minimum absolute atomic E-state index is 0.112. The molecular weight excluding hydrogens is 958 g/mol. The van der Waals surface area contributed by atoms with Crippen LogP contribution in [-0.2, 0) is 23.2 Å². The van der Waals surface area contributed by atoms with Crippen LogP contribution in [-0.4, -0.2) is 132 Å². The van der Waals surface area contributed by atoms with Gasteiger partial charge in [-0.25, -0.2) is 24.9 Å². The second-order valence-electron chi connectivity index (χ2n) is 18.1. The van der Waals surface area contributed by atoms with Gasteiger partial charge in [-0.1, -0.05) is 30.8 Å². The average Bonchev–Trinajstić information content (AvgIpc) is 3.99. The minimum atomic E-state index is -0.364. The van der Waals surface area contributed by atoms with Gasteiger partial charge in [0.05, 0.1) is 69.5 Å². The fraction of sp³-hybridized carbons (Fsp3) is 0.241. The summed E-state index contributed by atoms with van der Waals surface area (Å²) in [7, 11) is 15.5. The Morgan fingerprint density at radius 3 is 1.96 bits per heavy atom. The Labute approximate surface area is 434 Å². The van der Waals surface area contributed by atoms with Gasteiger partial charge in [-0.05, 0) is 88.9 Å². The number of aryl methyl sites for hydroxylation is 1. The summed E-state index contributed by atoms with van der Waals surface area (Å²) in [6.45, 7) is 10.3. The number of ether oxygens (including phenoxy) is 2. The van der Waals surface area contributed by atoms with Crippen molar-refractivity contribution < 1.29 is 19.1 Å². The summed E-state index contributed by atoms with van der Waals surface area (Å²) in [5.74, 6) is 0.821. The van der Waals surface area contributed by atoms with Crippen molar-refractivity contribution in [2.45, 2.75) is 6.61 Å². The highest BCUT2D eigenvalue weighted by molar-refractivity contribution is 6.33. The molecule has 0 radical (unpaired) electrons. The highest BCUT2D eigenvalue weighted by Crippen LogP contribution is 2.41. The molecule has 0 saturated heterocycles. The molecule has 0 atom stereocenters. The number of carbonyl (C=O) groups is 2. The van der Waals surface area contributed by atoms with Crippen LogP contribution in [0.2, 0.25) is 5.02 Å². The molecule has 8 aromatic rings. The van der Waals surface area contributed by atoms with Crippen molar-refractivity contribution in [1.29, 1.82) is 0 Å². The predicted octanol–water partition coefficient (Wildman–Crippen LogP) is 8.94. The maximum Gasteiger partial charge on any atom is 0.247 e. The molecule has 0 aliphatic heterocycles. The minimum Gasteiger partial charge on any atom is -0.494 e. The predicted molar refractivity (Wildman–Crippen MR) is 298 cm³/mol. The molecule has 2 amide bonds. The fourth-order valence-electron chi connectivity index (χ4n) is 8.09. The normalized spacial score (nSPS) is 11.2.